The summed E-state index contributed by atoms with van der Waals surface area (Å²) < 4.78 is 6.59. The van der Waals surface area contributed by atoms with Crippen LogP contribution in [0.5, 0.6) is 0 Å². The van der Waals surface area contributed by atoms with E-state index in [0.717, 1.165) is 50.1 Å². The summed E-state index contributed by atoms with van der Waals surface area (Å²) in [6, 6.07) is 69.5. The van der Waals surface area contributed by atoms with E-state index in [0.29, 0.717) is 0 Å². The van der Waals surface area contributed by atoms with Gasteiger partial charge < -0.3 is 9.32 Å². The maximum Gasteiger partial charge on any atom is 0.136 e. The topological polar surface area (TPSA) is 16.4 Å². The molecule has 0 aliphatic heterocycles. The predicted molar refractivity (Wildman–Crippen MR) is 252 cm³/mol. The van der Waals surface area contributed by atoms with Crippen molar-refractivity contribution in [2.45, 2.75) is 38.5 Å². The van der Waals surface area contributed by atoms with Crippen molar-refractivity contribution in [1.29, 1.82) is 0 Å². The first-order valence-corrected chi connectivity index (χ1v) is 21.1. The molecule has 2 nitrogen and oxygen atoms in total. The SMILES string of the molecule is CC1(C)c2ccccc2-c2ccc(N(c3ccc4c(c3)C(C)(C)c3ccccc3-4)c3cccc(-c4cccc5ccccc45)c3-c3cccc4oc5ccccc5c34)cc21. The maximum absolute atomic E-state index is 6.59. The zero-order valence-electron chi connectivity index (χ0n) is 34.3. The molecule has 0 spiro atoms. The smallest absolute Gasteiger partial charge is 0.136 e. The highest BCUT2D eigenvalue weighted by Gasteiger charge is 2.38. The van der Waals surface area contributed by atoms with Crippen molar-refractivity contribution in [2.75, 3.05) is 4.90 Å². The summed E-state index contributed by atoms with van der Waals surface area (Å²) in [5, 5.41) is 4.68. The van der Waals surface area contributed by atoms with Crippen molar-refractivity contribution in [2.24, 2.45) is 0 Å². The van der Waals surface area contributed by atoms with Gasteiger partial charge in [-0.3, -0.25) is 0 Å². The van der Waals surface area contributed by atoms with Crippen LogP contribution in [-0.2, 0) is 10.8 Å². The Labute approximate surface area is 351 Å². The second kappa shape index (κ2) is 12.7. The van der Waals surface area contributed by atoms with Gasteiger partial charge in [0.25, 0.3) is 0 Å². The number of benzene rings is 9. The third kappa shape index (κ3) is 4.88. The second-order valence-corrected chi connectivity index (χ2v) is 17.6. The van der Waals surface area contributed by atoms with E-state index in [4.69, 9.17) is 4.42 Å². The lowest BCUT2D eigenvalue weighted by Crippen LogP contribution is -2.18. The lowest BCUT2D eigenvalue weighted by molar-refractivity contribution is 0.660. The van der Waals surface area contributed by atoms with E-state index in [2.05, 4.69) is 221 Å². The van der Waals surface area contributed by atoms with Crippen molar-refractivity contribution in [3.05, 3.63) is 210 Å². The molecule has 12 rings (SSSR count). The molecule has 286 valence electrons. The first-order chi connectivity index (χ1) is 29.3. The first kappa shape index (κ1) is 34.8. The summed E-state index contributed by atoms with van der Waals surface area (Å²) in [4.78, 5) is 2.53. The van der Waals surface area contributed by atoms with Gasteiger partial charge in [0, 0.05) is 38.5 Å². The molecule has 0 bridgehead atoms. The molecule has 0 N–H and O–H groups in total. The third-order valence-corrected chi connectivity index (χ3v) is 13.7. The van der Waals surface area contributed by atoms with Crippen molar-refractivity contribution in [1.82, 2.24) is 0 Å². The summed E-state index contributed by atoms with van der Waals surface area (Å²) >= 11 is 0. The van der Waals surface area contributed by atoms with Crippen LogP contribution < -0.4 is 4.90 Å². The van der Waals surface area contributed by atoms with Crippen LogP contribution in [0, 0.1) is 0 Å². The minimum Gasteiger partial charge on any atom is -0.456 e. The minimum absolute atomic E-state index is 0.163. The largest absolute Gasteiger partial charge is 0.456 e. The number of furan rings is 1. The van der Waals surface area contributed by atoms with Crippen LogP contribution >= 0.6 is 0 Å². The summed E-state index contributed by atoms with van der Waals surface area (Å²) in [5.74, 6) is 0. The van der Waals surface area contributed by atoms with Crippen LogP contribution in [0.3, 0.4) is 0 Å². The average Bonchev–Trinajstić information content (AvgIpc) is 3.86. The van der Waals surface area contributed by atoms with Gasteiger partial charge >= 0.3 is 0 Å². The van der Waals surface area contributed by atoms with Gasteiger partial charge in [-0.2, -0.15) is 0 Å². The summed E-state index contributed by atoms with van der Waals surface area (Å²) in [6.07, 6.45) is 0. The van der Waals surface area contributed by atoms with Gasteiger partial charge in [-0.15, -0.1) is 0 Å². The van der Waals surface area contributed by atoms with Crippen LogP contribution in [0.2, 0.25) is 0 Å². The fourth-order valence-corrected chi connectivity index (χ4v) is 10.8. The van der Waals surface area contributed by atoms with Gasteiger partial charge in [-0.1, -0.05) is 173 Å². The van der Waals surface area contributed by atoms with Crippen molar-refractivity contribution in [3.8, 4) is 44.5 Å². The predicted octanol–water partition coefficient (Wildman–Crippen LogP) is 16.2. The molecule has 0 saturated heterocycles. The number of para-hydroxylation sites is 1. The Hall–Kier alpha value is -7.16. The fourth-order valence-electron chi connectivity index (χ4n) is 10.8. The van der Waals surface area contributed by atoms with E-state index in [9.17, 15) is 0 Å². The molecule has 2 aliphatic rings. The Morgan fingerprint density at radius 2 is 0.850 bits per heavy atom. The molecule has 0 atom stereocenters. The molecule has 2 heteroatoms. The highest BCUT2D eigenvalue weighted by molar-refractivity contribution is 6.17. The van der Waals surface area contributed by atoms with E-state index in [-0.39, 0.29) is 10.8 Å². The van der Waals surface area contributed by atoms with Crippen molar-refractivity contribution < 1.29 is 4.42 Å². The molecule has 10 aromatic rings. The van der Waals surface area contributed by atoms with Crippen LogP contribution in [0.25, 0.3) is 77.2 Å². The minimum atomic E-state index is -0.163. The Bertz CT molecular complexity index is 3280. The summed E-state index contributed by atoms with van der Waals surface area (Å²) in [7, 11) is 0. The quantitative estimate of drug-likeness (QED) is 0.173. The molecule has 9 aromatic carbocycles. The Morgan fingerprint density at radius 3 is 1.55 bits per heavy atom. The highest BCUT2D eigenvalue weighted by Crippen LogP contribution is 2.55. The second-order valence-electron chi connectivity index (χ2n) is 17.6. The number of fused-ring (bicyclic) bond motifs is 10. The molecular weight excluding hydrogens is 727 g/mol. The van der Waals surface area contributed by atoms with Gasteiger partial charge in [0.05, 0.1) is 5.69 Å². The van der Waals surface area contributed by atoms with E-state index in [1.54, 1.807) is 0 Å². The number of hydrogen-bond acceptors (Lipinski definition) is 2. The zero-order valence-corrected chi connectivity index (χ0v) is 34.3. The van der Waals surface area contributed by atoms with E-state index < -0.39 is 0 Å². The van der Waals surface area contributed by atoms with Gasteiger partial charge in [0.15, 0.2) is 0 Å². The standard InChI is InChI=1S/C58H43NO/c1-57(2)48-25-10-7-19-41(48)43-32-30-37(34-50(43)57)59(38-31-33-44-42-20-8-11-26-49(42)58(3,4)51(44)35-38)52-27-14-23-45(40-22-13-17-36-16-5-6-18-39(36)40)55(52)47-24-15-29-54-56(47)46-21-9-12-28-53(46)60-54/h5-35H,1-4H3. The van der Waals surface area contributed by atoms with Crippen LogP contribution in [0.15, 0.2) is 192 Å². The zero-order chi connectivity index (χ0) is 40.3. The molecule has 2 aliphatic carbocycles. The molecule has 60 heavy (non-hydrogen) atoms. The van der Waals surface area contributed by atoms with Crippen molar-refractivity contribution in [3.63, 3.8) is 0 Å². The van der Waals surface area contributed by atoms with Crippen LogP contribution in [0.1, 0.15) is 49.9 Å². The Kier molecular flexibility index (Phi) is 7.36. The number of rotatable bonds is 5. The average molecular weight is 770 g/mol. The fraction of sp³-hybridized carbons (Fsp3) is 0.103. The van der Waals surface area contributed by atoms with Gasteiger partial charge in [-0.25, -0.2) is 0 Å². The molecule has 0 unspecified atom stereocenters. The molecule has 1 heterocycles. The maximum atomic E-state index is 6.59. The number of hydrogen-bond donors (Lipinski definition) is 0. The monoisotopic (exact) mass is 769 g/mol. The number of anilines is 3. The van der Waals surface area contributed by atoms with E-state index >= 15 is 0 Å². The summed E-state index contributed by atoms with van der Waals surface area (Å²) in [5.41, 5.74) is 20.2. The third-order valence-electron chi connectivity index (χ3n) is 13.7. The lowest BCUT2D eigenvalue weighted by atomic mass is 9.82. The first-order valence-electron chi connectivity index (χ1n) is 21.1. The Morgan fingerprint density at radius 1 is 0.367 bits per heavy atom. The van der Waals surface area contributed by atoms with Gasteiger partial charge in [-0.05, 0) is 114 Å². The van der Waals surface area contributed by atoms with Gasteiger partial charge in [0.1, 0.15) is 11.2 Å². The van der Waals surface area contributed by atoms with E-state index in [1.807, 2.05) is 0 Å². The molecule has 0 fully saturated rings. The molecule has 0 amide bonds. The lowest BCUT2D eigenvalue weighted by Gasteiger charge is -2.32. The van der Waals surface area contributed by atoms with Gasteiger partial charge in [0.2, 0.25) is 0 Å². The number of nitrogens with zero attached hydrogens (tertiary/aromatic N) is 1. The van der Waals surface area contributed by atoms with Crippen molar-refractivity contribution >= 4 is 49.8 Å². The molecule has 1 aromatic heterocycles. The molecular formula is C58H43NO. The normalized spacial score (nSPS) is 14.3. The van der Waals surface area contributed by atoms with Crippen LogP contribution in [-0.4, -0.2) is 0 Å². The highest BCUT2D eigenvalue weighted by atomic mass is 16.3. The molecule has 0 radical (unpaired) electrons. The summed E-state index contributed by atoms with van der Waals surface area (Å²) in [6.45, 7) is 9.49. The van der Waals surface area contributed by atoms with Crippen LogP contribution in [0.4, 0.5) is 17.1 Å². The molecule has 0 saturated carbocycles. The van der Waals surface area contributed by atoms with E-state index in [1.165, 1.54) is 66.4 Å². The Balaban J connectivity index is 1.19.